The predicted octanol–water partition coefficient (Wildman–Crippen LogP) is 3.46. The van der Waals surface area contributed by atoms with Gasteiger partial charge in [0.25, 0.3) is 0 Å². The molecular weight excluding hydrogens is 264 g/mol. The van der Waals surface area contributed by atoms with Crippen molar-refractivity contribution in [2.75, 3.05) is 25.4 Å². The van der Waals surface area contributed by atoms with Crippen LogP contribution >= 0.6 is 0 Å². The maximum atomic E-state index is 11.9. The molecule has 1 aliphatic rings. The molecule has 0 saturated carbocycles. The number of likely N-dealkylation sites (tertiary alicyclic amines) is 1. The van der Waals surface area contributed by atoms with Crippen LogP contribution in [0.15, 0.2) is 24.3 Å². The summed E-state index contributed by atoms with van der Waals surface area (Å²) in [4.78, 5) is 13.7. The number of nitrogens with zero attached hydrogens (tertiary/aromatic N) is 1. The fourth-order valence-electron chi connectivity index (χ4n) is 2.70. The van der Waals surface area contributed by atoms with Gasteiger partial charge in [-0.3, -0.25) is 0 Å². The average Bonchev–Trinajstić information content (AvgIpc) is 2.50. The van der Waals surface area contributed by atoms with Gasteiger partial charge in [0.1, 0.15) is 0 Å². The lowest BCUT2D eigenvalue weighted by Crippen LogP contribution is -2.39. The molecule has 0 aromatic heterocycles. The molecule has 21 heavy (non-hydrogen) atoms. The standard InChI is InChI=1S/C17H26N2O2/c1-2-3-12-21-17(20)19-10-8-15(9-11-19)13-14-4-6-16(18)7-5-14/h4-7,15H,2-3,8-13,18H2,1H3. The molecule has 0 radical (unpaired) electrons. The maximum absolute atomic E-state index is 11.9. The number of ether oxygens (including phenoxy) is 1. The highest BCUT2D eigenvalue weighted by atomic mass is 16.6. The highest BCUT2D eigenvalue weighted by molar-refractivity contribution is 5.67. The van der Waals surface area contributed by atoms with E-state index in [-0.39, 0.29) is 6.09 Å². The van der Waals surface area contributed by atoms with Crippen molar-refractivity contribution in [3.63, 3.8) is 0 Å². The zero-order chi connectivity index (χ0) is 15.1. The average molecular weight is 290 g/mol. The summed E-state index contributed by atoms with van der Waals surface area (Å²) in [6, 6.07) is 8.10. The van der Waals surface area contributed by atoms with Gasteiger partial charge in [-0.15, -0.1) is 0 Å². The number of amides is 1. The zero-order valence-corrected chi connectivity index (χ0v) is 12.9. The monoisotopic (exact) mass is 290 g/mol. The minimum Gasteiger partial charge on any atom is -0.449 e. The first-order valence-electron chi connectivity index (χ1n) is 7.95. The molecule has 4 nitrogen and oxygen atoms in total. The third-order valence-corrected chi connectivity index (χ3v) is 4.10. The van der Waals surface area contributed by atoms with E-state index in [0.717, 1.165) is 50.9 Å². The van der Waals surface area contributed by atoms with E-state index in [2.05, 4.69) is 19.1 Å². The number of nitrogens with two attached hydrogens (primary N) is 1. The van der Waals surface area contributed by atoms with Gasteiger partial charge in [-0.25, -0.2) is 4.79 Å². The van der Waals surface area contributed by atoms with Gasteiger partial charge in [-0.1, -0.05) is 25.5 Å². The molecule has 1 aliphatic heterocycles. The molecule has 1 fully saturated rings. The van der Waals surface area contributed by atoms with E-state index < -0.39 is 0 Å². The van der Waals surface area contributed by atoms with Crippen LogP contribution in [0.2, 0.25) is 0 Å². The van der Waals surface area contributed by atoms with Gasteiger partial charge in [0, 0.05) is 18.8 Å². The van der Waals surface area contributed by atoms with Gasteiger partial charge >= 0.3 is 6.09 Å². The predicted molar refractivity (Wildman–Crippen MR) is 85.1 cm³/mol. The van der Waals surface area contributed by atoms with E-state index in [0.29, 0.717) is 12.5 Å². The molecule has 4 heteroatoms. The molecule has 1 heterocycles. The van der Waals surface area contributed by atoms with Gasteiger partial charge in [0.05, 0.1) is 6.61 Å². The van der Waals surface area contributed by atoms with Crippen LogP contribution in [0.25, 0.3) is 0 Å². The van der Waals surface area contributed by atoms with E-state index in [4.69, 9.17) is 10.5 Å². The summed E-state index contributed by atoms with van der Waals surface area (Å²) in [5, 5.41) is 0. The highest BCUT2D eigenvalue weighted by Gasteiger charge is 2.23. The van der Waals surface area contributed by atoms with Gasteiger partial charge in [-0.05, 0) is 49.3 Å². The molecule has 0 unspecified atom stereocenters. The van der Waals surface area contributed by atoms with Crippen molar-refractivity contribution < 1.29 is 9.53 Å². The van der Waals surface area contributed by atoms with Crippen LogP contribution in [0.5, 0.6) is 0 Å². The Morgan fingerprint density at radius 2 is 1.95 bits per heavy atom. The molecule has 116 valence electrons. The SMILES string of the molecule is CCCCOC(=O)N1CCC(Cc2ccc(N)cc2)CC1. The summed E-state index contributed by atoms with van der Waals surface area (Å²) in [7, 11) is 0. The number of unbranched alkanes of at least 4 members (excludes halogenated alkanes) is 1. The first-order chi connectivity index (χ1) is 10.2. The van der Waals surface area contributed by atoms with Crippen LogP contribution in [-0.4, -0.2) is 30.7 Å². The van der Waals surface area contributed by atoms with Crippen LogP contribution in [0, 0.1) is 5.92 Å². The van der Waals surface area contributed by atoms with Crippen LogP contribution in [0.4, 0.5) is 10.5 Å². The Hall–Kier alpha value is -1.71. The normalized spacial score (nSPS) is 16.0. The Balaban J connectivity index is 1.72. The Morgan fingerprint density at radius 3 is 2.57 bits per heavy atom. The summed E-state index contributed by atoms with van der Waals surface area (Å²) >= 11 is 0. The number of benzene rings is 1. The summed E-state index contributed by atoms with van der Waals surface area (Å²) in [6.07, 6.45) is 5.02. The number of carbonyl (C=O) groups is 1. The van der Waals surface area contributed by atoms with Gasteiger partial charge in [0.2, 0.25) is 0 Å². The summed E-state index contributed by atoms with van der Waals surface area (Å²) in [6.45, 7) is 4.26. The molecular formula is C17H26N2O2. The number of anilines is 1. The third kappa shape index (κ3) is 4.96. The van der Waals surface area contributed by atoms with Crippen LogP contribution in [-0.2, 0) is 11.2 Å². The maximum Gasteiger partial charge on any atom is 0.409 e. The van der Waals surface area contributed by atoms with E-state index in [1.807, 2.05) is 17.0 Å². The Morgan fingerprint density at radius 1 is 1.29 bits per heavy atom. The van der Waals surface area contributed by atoms with E-state index >= 15 is 0 Å². The van der Waals surface area contributed by atoms with Gasteiger partial charge in [-0.2, -0.15) is 0 Å². The van der Waals surface area contributed by atoms with E-state index in [1.54, 1.807) is 0 Å². The Labute approximate surface area is 127 Å². The molecule has 0 spiro atoms. The third-order valence-electron chi connectivity index (χ3n) is 4.10. The highest BCUT2D eigenvalue weighted by Crippen LogP contribution is 2.22. The quantitative estimate of drug-likeness (QED) is 0.667. The lowest BCUT2D eigenvalue weighted by Gasteiger charge is -2.31. The molecule has 0 atom stereocenters. The van der Waals surface area contributed by atoms with Crippen molar-refractivity contribution >= 4 is 11.8 Å². The molecule has 2 rings (SSSR count). The van der Waals surface area contributed by atoms with Gasteiger partial charge in [0.15, 0.2) is 0 Å². The van der Waals surface area contributed by atoms with Gasteiger partial charge < -0.3 is 15.4 Å². The zero-order valence-electron chi connectivity index (χ0n) is 12.9. The van der Waals surface area contributed by atoms with Crippen molar-refractivity contribution in [2.24, 2.45) is 5.92 Å². The number of hydrogen-bond donors (Lipinski definition) is 1. The second-order valence-electron chi connectivity index (χ2n) is 5.84. The molecule has 2 N–H and O–H groups in total. The minimum absolute atomic E-state index is 0.144. The van der Waals surface area contributed by atoms with Crippen molar-refractivity contribution in [3.05, 3.63) is 29.8 Å². The molecule has 0 aliphatic carbocycles. The number of rotatable bonds is 5. The van der Waals surface area contributed by atoms with Crippen molar-refractivity contribution in [2.45, 2.75) is 39.0 Å². The topological polar surface area (TPSA) is 55.6 Å². The van der Waals surface area contributed by atoms with Crippen LogP contribution in [0.3, 0.4) is 0 Å². The van der Waals surface area contributed by atoms with Crippen molar-refractivity contribution in [1.29, 1.82) is 0 Å². The summed E-state index contributed by atoms with van der Waals surface area (Å²) in [5.74, 6) is 0.647. The molecule has 1 aromatic carbocycles. The summed E-state index contributed by atoms with van der Waals surface area (Å²) < 4.78 is 5.26. The molecule has 1 aromatic rings. The number of nitrogen functional groups attached to an aromatic ring is 1. The summed E-state index contributed by atoms with van der Waals surface area (Å²) in [5.41, 5.74) is 7.84. The molecule has 1 saturated heterocycles. The van der Waals surface area contributed by atoms with Crippen molar-refractivity contribution in [3.8, 4) is 0 Å². The largest absolute Gasteiger partial charge is 0.449 e. The number of hydrogen-bond acceptors (Lipinski definition) is 3. The smallest absolute Gasteiger partial charge is 0.409 e. The van der Waals surface area contributed by atoms with E-state index in [1.165, 1.54) is 5.56 Å². The number of piperidine rings is 1. The number of carbonyl (C=O) groups excluding carboxylic acids is 1. The van der Waals surface area contributed by atoms with Crippen molar-refractivity contribution in [1.82, 2.24) is 4.90 Å². The first-order valence-corrected chi connectivity index (χ1v) is 7.95. The lowest BCUT2D eigenvalue weighted by molar-refractivity contribution is 0.0867. The second kappa shape index (κ2) is 7.91. The fraction of sp³-hybridized carbons (Fsp3) is 0.588. The fourth-order valence-corrected chi connectivity index (χ4v) is 2.70. The lowest BCUT2D eigenvalue weighted by atomic mass is 9.90. The first kappa shape index (κ1) is 15.7. The van der Waals surface area contributed by atoms with Crippen LogP contribution < -0.4 is 5.73 Å². The molecule has 0 bridgehead atoms. The Kier molecular flexibility index (Phi) is 5.90. The second-order valence-corrected chi connectivity index (χ2v) is 5.84. The van der Waals surface area contributed by atoms with Crippen LogP contribution in [0.1, 0.15) is 38.2 Å². The molecule has 1 amide bonds. The van der Waals surface area contributed by atoms with E-state index in [9.17, 15) is 4.79 Å². The Bertz CT molecular complexity index is 437. The minimum atomic E-state index is -0.144.